The predicted octanol–water partition coefficient (Wildman–Crippen LogP) is 1.86. The van der Waals surface area contributed by atoms with Crippen molar-refractivity contribution in [3.63, 3.8) is 0 Å². The number of hydrogen-bond acceptors (Lipinski definition) is 4. The van der Waals surface area contributed by atoms with E-state index in [1.54, 1.807) is 4.72 Å². The van der Waals surface area contributed by atoms with Crippen molar-refractivity contribution in [3.8, 4) is 0 Å². The first-order valence-corrected chi connectivity index (χ1v) is 8.43. The molecule has 6 nitrogen and oxygen atoms in total. The SMILES string of the molecule is O=C1NCCc2ncc(NS(=O)(=O)c3c(F)c(F)c(F)c(F)c3F)cc21. The van der Waals surface area contributed by atoms with Gasteiger partial charge < -0.3 is 5.32 Å². The van der Waals surface area contributed by atoms with Crippen LogP contribution in [0.25, 0.3) is 0 Å². The number of nitrogens with zero attached hydrogens (tertiary/aromatic N) is 1. The van der Waals surface area contributed by atoms with Gasteiger partial charge in [0.2, 0.25) is 5.82 Å². The van der Waals surface area contributed by atoms with E-state index in [4.69, 9.17) is 0 Å². The van der Waals surface area contributed by atoms with Gasteiger partial charge in [0.15, 0.2) is 28.2 Å². The number of hydrogen-bond donors (Lipinski definition) is 2. The fraction of sp³-hybridized carbons (Fsp3) is 0.143. The van der Waals surface area contributed by atoms with Gasteiger partial charge in [0.25, 0.3) is 15.9 Å². The number of carbonyl (C=O) groups excluding carboxylic acids is 1. The van der Waals surface area contributed by atoms with Crippen LogP contribution in [0.15, 0.2) is 17.2 Å². The highest BCUT2D eigenvalue weighted by molar-refractivity contribution is 7.92. The van der Waals surface area contributed by atoms with Gasteiger partial charge in [0.05, 0.1) is 23.1 Å². The van der Waals surface area contributed by atoms with Crippen LogP contribution in [0, 0.1) is 29.1 Å². The molecule has 3 rings (SSSR count). The van der Waals surface area contributed by atoms with E-state index in [9.17, 15) is 35.2 Å². The Balaban J connectivity index is 2.06. The van der Waals surface area contributed by atoms with Crippen molar-refractivity contribution in [3.05, 3.63) is 52.6 Å². The topological polar surface area (TPSA) is 88.2 Å². The van der Waals surface area contributed by atoms with E-state index >= 15 is 0 Å². The number of halogens is 5. The summed E-state index contributed by atoms with van der Waals surface area (Å²) in [5.41, 5.74) is 0.00605. The molecular formula is C14H8F5N3O3S. The lowest BCUT2D eigenvalue weighted by molar-refractivity contribution is 0.0945. The summed E-state index contributed by atoms with van der Waals surface area (Å²) in [5.74, 6) is -12.8. The van der Waals surface area contributed by atoms with Crippen LogP contribution in [-0.4, -0.2) is 25.9 Å². The minimum Gasteiger partial charge on any atom is -0.352 e. The quantitative estimate of drug-likeness (QED) is 0.474. The fourth-order valence-electron chi connectivity index (χ4n) is 2.36. The number of anilines is 1. The van der Waals surface area contributed by atoms with Gasteiger partial charge in [0, 0.05) is 13.0 Å². The van der Waals surface area contributed by atoms with Gasteiger partial charge in [-0.1, -0.05) is 0 Å². The lowest BCUT2D eigenvalue weighted by Crippen LogP contribution is -2.32. The summed E-state index contributed by atoms with van der Waals surface area (Å²) in [4.78, 5) is 13.5. The van der Waals surface area contributed by atoms with Crippen molar-refractivity contribution in [2.24, 2.45) is 0 Å². The third kappa shape index (κ3) is 2.85. The van der Waals surface area contributed by atoms with Crippen LogP contribution in [0.5, 0.6) is 0 Å². The number of fused-ring (bicyclic) bond motifs is 1. The molecule has 0 fully saturated rings. The molecule has 1 aromatic carbocycles. The second-order valence-electron chi connectivity index (χ2n) is 5.23. The van der Waals surface area contributed by atoms with Gasteiger partial charge in [0.1, 0.15) is 0 Å². The Labute approximate surface area is 143 Å². The van der Waals surface area contributed by atoms with Crippen molar-refractivity contribution >= 4 is 21.6 Å². The first-order chi connectivity index (χ1) is 12.1. The van der Waals surface area contributed by atoms with Crippen LogP contribution in [0.4, 0.5) is 27.6 Å². The molecule has 1 aliphatic rings. The van der Waals surface area contributed by atoms with Gasteiger partial charge >= 0.3 is 0 Å². The zero-order valence-corrected chi connectivity index (χ0v) is 13.4. The second-order valence-corrected chi connectivity index (χ2v) is 6.85. The number of benzene rings is 1. The van der Waals surface area contributed by atoms with E-state index in [0.29, 0.717) is 18.7 Å². The zero-order valence-electron chi connectivity index (χ0n) is 12.5. The molecule has 0 atom stereocenters. The van der Waals surface area contributed by atoms with E-state index in [0.717, 1.165) is 12.3 Å². The zero-order chi connectivity index (χ0) is 19.2. The maximum atomic E-state index is 13.7. The fourth-order valence-corrected chi connectivity index (χ4v) is 3.54. The molecular weight excluding hydrogens is 385 g/mol. The summed E-state index contributed by atoms with van der Waals surface area (Å²) < 4.78 is 92.9. The Morgan fingerprint density at radius 3 is 2.19 bits per heavy atom. The molecule has 26 heavy (non-hydrogen) atoms. The molecule has 2 heterocycles. The van der Waals surface area contributed by atoms with Gasteiger partial charge in [-0.2, -0.15) is 0 Å². The molecule has 0 spiro atoms. The van der Waals surface area contributed by atoms with Gasteiger partial charge in [-0.25, -0.2) is 30.4 Å². The Morgan fingerprint density at radius 2 is 1.58 bits per heavy atom. The number of nitrogens with one attached hydrogen (secondary N) is 2. The van der Waals surface area contributed by atoms with Crippen molar-refractivity contribution in [1.29, 1.82) is 0 Å². The number of pyridine rings is 1. The predicted molar refractivity (Wildman–Crippen MR) is 77.3 cm³/mol. The highest BCUT2D eigenvalue weighted by Crippen LogP contribution is 2.28. The molecule has 12 heteroatoms. The number of sulfonamides is 1. The molecule has 0 radical (unpaired) electrons. The number of aromatic nitrogens is 1. The molecule has 0 bridgehead atoms. The van der Waals surface area contributed by atoms with Crippen molar-refractivity contribution < 1.29 is 35.2 Å². The van der Waals surface area contributed by atoms with Crippen LogP contribution in [0.2, 0.25) is 0 Å². The normalized spacial score (nSPS) is 14.0. The first-order valence-electron chi connectivity index (χ1n) is 6.95. The average Bonchev–Trinajstić information content (AvgIpc) is 2.58. The molecule has 1 amide bonds. The molecule has 1 aromatic heterocycles. The van der Waals surface area contributed by atoms with Crippen LogP contribution in [0.1, 0.15) is 16.1 Å². The average molecular weight is 393 g/mol. The standard InChI is InChI=1S/C14H8F5N3O3S/c15-8-9(16)11(18)13(12(19)10(8)17)26(24,25)22-5-3-6-7(21-4-5)1-2-20-14(6)23/h3-4,22H,1-2H2,(H,20,23). The van der Waals surface area contributed by atoms with Gasteiger partial charge in [-0.05, 0) is 6.07 Å². The number of rotatable bonds is 3. The maximum Gasteiger partial charge on any atom is 0.268 e. The highest BCUT2D eigenvalue weighted by atomic mass is 32.2. The Hall–Kier alpha value is -2.76. The van der Waals surface area contributed by atoms with Crippen LogP contribution in [0.3, 0.4) is 0 Å². The molecule has 1 aliphatic heterocycles. The minimum atomic E-state index is -5.20. The minimum absolute atomic E-state index is 0.0221. The first kappa shape index (κ1) is 18.0. The molecule has 138 valence electrons. The van der Waals surface area contributed by atoms with E-state index in [1.807, 2.05) is 0 Å². The number of amides is 1. The van der Waals surface area contributed by atoms with Crippen molar-refractivity contribution in [2.45, 2.75) is 11.3 Å². The third-order valence-corrected chi connectivity index (χ3v) is 4.95. The lowest BCUT2D eigenvalue weighted by Gasteiger charge is -2.17. The molecule has 2 N–H and O–H groups in total. The molecule has 0 aliphatic carbocycles. The largest absolute Gasteiger partial charge is 0.352 e. The van der Waals surface area contributed by atoms with Gasteiger partial charge in [-0.15, -0.1) is 0 Å². The van der Waals surface area contributed by atoms with E-state index in [1.165, 1.54) is 0 Å². The summed E-state index contributed by atoms with van der Waals surface area (Å²) in [6.07, 6.45) is 1.34. The third-order valence-electron chi connectivity index (χ3n) is 3.55. The van der Waals surface area contributed by atoms with Crippen LogP contribution in [-0.2, 0) is 16.4 Å². The highest BCUT2D eigenvalue weighted by Gasteiger charge is 2.34. The Bertz CT molecular complexity index is 1010. The summed E-state index contributed by atoms with van der Waals surface area (Å²) in [6, 6.07) is 1.04. The van der Waals surface area contributed by atoms with E-state index in [-0.39, 0.29) is 11.3 Å². The summed E-state index contributed by atoms with van der Waals surface area (Å²) in [6.45, 7) is 0.328. The molecule has 0 saturated heterocycles. The summed E-state index contributed by atoms with van der Waals surface area (Å²) >= 11 is 0. The van der Waals surface area contributed by atoms with E-state index in [2.05, 4.69) is 10.3 Å². The van der Waals surface area contributed by atoms with Gasteiger partial charge in [-0.3, -0.25) is 14.5 Å². The van der Waals surface area contributed by atoms with E-state index < -0.39 is 49.9 Å². The van der Waals surface area contributed by atoms with Crippen molar-refractivity contribution in [2.75, 3.05) is 11.3 Å². The van der Waals surface area contributed by atoms with Crippen LogP contribution < -0.4 is 10.0 Å². The Kier molecular flexibility index (Phi) is 4.30. The molecule has 0 unspecified atom stereocenters. The maximum absolute atomic E-state index is 13.7. The summed E-state index contributed by atoms with van der Waals surface area (Å²) in [7, 11) is -5.20. The smallest absolute Gasteiger partial charge is 0.268 e. The van der Waals surface area contributed by atoms with Crippen LogP contribution >= 0.6 is 0 Å². The summed E-state index contributed by atoms with van der Waals surface area (Å²) in [5, 5.41) is 2.48. The number of carbonyl (C=O) groups is 1. The molecule has 0 saturated carbocycles. The molecule has 2 aromatic rings. The lowest BCUT2D eigenvalue weighted by atomic mass is 10.1. The van der Waals surface area contributed by atoms with Crippen molar-refractivity contribution in [1.82, 2.24) is 10.3 Å². The Morgan fingerprint density at radius 1 is 1.00 bits per heavy atom. The monoisotopic (exact) mass is 393 g/mol. The second kappa shape index (κ2) is 6.20.